The second-order valence-corrected chi connectivity index (χ2v) is 4.29. The van der Waals surface area contributed by atoms with Crippen molar-refractivity contribution in [3.63, 3.8) is 0 Å². The van der Waals surface area contributed by atoms with E-state index in [1.165, 1.54) is 6.39 Å². The van der Waals surface area contributed by atoms with E-state index in [2.05, 4.69) is 10.3 Å². The molecule has 0 saturated carbocycles. The molecular formula is C14H15N3O2. The van der Waals surface area contributed by atoms with Gasteiger partial charge in [0.25, 0.3) is 0 Å². The predicted octanol–water partition coefficient (Wildman–Crippen LogP) is 2.04. The number of oxazole rings is 1. The molecule has 1 atom stereocenters. The lowest BCUT2D eigenvalue weighted by molar-refractivity contribution is -0.123. The van der Waals surface area contributed by atoms with Crippen LogP contribution in [-0.4, -0.2) is 17.4 Å². The number of amides is 1. The minimum absolute atomic E-state index is 0.203. The molecule has 2 aromatic rings. The van der Waals surface area contributed by atoms with E-state index in [1.54, 1.807) is 0 Å². The second-order valence-electron chi connectivity index (χ2n) is 4.29. The Morgan fingerprint density at radius 1 is 1.58 bits per heavy atom. The lowest BCUT2D eigenvalue weighted by Gasteiger charge is -2.08. The lowest BCUT2D eigenvalue weighted by Crippen LogP contribution is -2.31. The molecule has 0 fully saturated rings. The van der Waals surface area contributed by atoms with Gasteiger partial charge in [0.05, 0.1) is 6.07 Å². The molecule has 98 valence electrons. The van der Waals surface area contributed by atoms with Crippen molar-refractivity contribution in [2.24, 2.45) is 5.92 Å². The number of hydrogen-bond acceptors (Lipinski definition) is 4. The Kier molecular flexibility index (Phi) is 4.14. The van der Waals surface area contributed by atoms with Gasteiger partial charge in [-0.05, 0) is 30.5 Å². The van der Waals surface area contributed by atoms with Crippen molar-refractivity contribution < 1.29 is 9.21 Å². The molecule has 5 heteroatoms. The van der Waals surface area contributed by atoms with Crippen LogP contribution in [0, 0.1) is 17.2 Å². The fourth-order valence-electron chi connectivity index (χ4n) is 1.84. The van der Waals surface area contributed by atoms with E-state index in [-0.39, 0.29) is 5.91 Å². The molecule has 0 aliphatic carbocycles. The highest BCUT2D eigenvalue weighted by Gasteiger charge is 2.14. The van der Waals surface area contributed by atoms with Crippen molar-refractivity contribution in [2.45, 2.75) is 19.8 Å². The van der Waals surface area contributed by atoms with Crippen molar-refractivity contribution in [3.8, 4) is 6.07 Å². The topological polar surface area (TPSA) is 78.9 Å². The lowest BCUT2D eigenvalue weighted by atomic mass is 10.1. The van der Waals surface area contributed by atoms with Crippen LogP contribution in [0.25, 0.3) is 11.1 Å². The van der Waals surface area contributed by atoms with Gasteiger partial charge >= 0.3 is 0 Å². The first-order chi connectivity index (χ1) is 9.24. The fourth-order valence-corrected chi connectivity index (χ4v) is 1.84. The Morgan fingerprint density at radius 3 is 3.16 bits per heavy atom. The molecule has 2 rings (SSSR count). The molecule has 0 aliphatic rings. The number of hydrogen-bond donors (Lipinski definition) is 1. The van der Waals surface area contributed by atoms with Gasteiger partial charge in [-0.3, -0.25) is 4.79 Å². The van der Waals surface area contributed by atoms with E-state index in [9.17, 15) is 4.79 Å². The first kappa shape index (κ1) is 13.1. The summed E-state index contributed by atoms with van der Waals surface area (Å²) in [4.78, 5) is 15.6. The van der Waals surface area contributed by atoms with Gasteiger partial charge in [-0.2, -0.15) is 5.26 Å². The van der Waals surface area contributed by atoms with Gasteiger partial charge in [0, 0.05) is 6.54 Å². The van der Waals surface area contributed by atoms with Gasteiger partial charge in [-0.1, -0.05) is 13.0 Å². The van der Waals surface area contributed by atoms with E-state index in [1.807, 2.05) is 31.2 Å². The molecule has 1 aromatic heterocycles. The molecule has 5 nitrogen and oxygen atoms in total. The number of nitriles is 1. The first-order valence-electron chi connectivity index (χ1n) is 6.24. The third-order valence-electron chi connectivity index (χ3n) is 2.99. The zero-order chi connectivity index (χ0) is 13.7. The molecule has 19 heavy (non-hydrogen) atoms. The van der Waals surface area contributed by atoms with E-state index in [0.29, 0.717) is 19.4 Å². The number of carbonyl (C=O) groups excluding carboxylic acids is 1. The van der Waals surface area contributed by atoms with Crippen LogP contribution in [0.3, 0.4) is 0 Å². The standard InChI is InChI=1S/C14H15N3O2/c1-2-11(8-15)14(18)16-6-5-10-3-4-12-13(7-10)19-9-17-12/h3-4,7,9,11H,2,5-6H2,1H3,(H,16,18). The maximum absolute atomic E-state index is 11.6. The van der Waals surface area contributed by atoms with Gasteiger partial charge in [-0.15, -0.1) is 0 Å². The molecular weight excluding hydrogens is 242 g/mol. The van der Waals surface area contributed by atoms with Crippen LogP contribution in [-0.2, 0) is 11.2 Å². The van der Waals surface area contributed by atoms with E-state index in [4.69, 9.17) is 9.68 Å². The summed E-state index contributed by atoms with van der Waals surface area (Å²) in [5.74, 6) is -0.762. The van der Waals surface area contributed by atoms with Crippen molar-refractivity contribution in [3.05, 3.63) is 30.2 Å². The van der Waals surface area contributed by atoms with Crippen LogP contribution in [0.2, 0.25) is 0 Å². The Hall–Kier alpha value is -2.35. The minimum Gasteiger partial charge on any atom is -0.443 e. The molecule has 1 aromatic carbocycles. The fraction of sp³-hybridized carbons (Fsp3) is 0.357. The van der Waals surface area contributed by atoms with Crippen LogP contribution < -0.4 is 5.32 Å². The Balaban J connectivity index is 1.89. The molecule has 0 bridgehead atoms. The monoisotopic (exact) mass is 257 g/mol. The molecule has 1 unspecified atom stereocenters. The van der Waals surface area contributed by atoms with Gasteiger partial charge in [-0.25, -0.2) is 4.98 Å². The molecule has 0 saturated heterocycles. The molecule has 1 amide bonds. The van der Waals surface area contributed by atoms with Crippen LogP contribution >= 0.6 is 0 Å². The van der Waals surface area contributed by atoms with Crippen LogP contribution in [0.1, 0.15) is 18.9 Å². The third-order valence-corrected chi connectivity index (χ3v) is 2.99. The highest BCUT2D eigenvalue weighted by atomic mass is 16.3. The highest BCUT2D eigenvalue weighted by Crippen LogP contribution is 2.14. The van der Waals surface area contributed by atoms with E-state index < -0.39 is 5.92 Å². The SMILES string of the molecule is CCC(C#N)C(=O)NCCc1ccc2ncoc2c1. The van der Waals surface area contributed by atoms with Crippen LogP contribution in [0.5, 0.6) is 0 Å². The van der Waals surface area contributed by atoms with Gasteiger partial charge < -0.3 is 9.73 Å². The normalized spacial score (nSPS) is 12.0. The molecule has 0 spiro atoms. The summed E-state index contributed by atoms with van der Waals surface area (Å²) in [7, 11) is 0. The molecule has 1 heterocycles. The molecule has 0 aliphatic heterocycles. The van der Waals surface area contributed by atoms with Crippen LogP contribution in [0.15, 0.2) is 29.0 Å². The number of aromatic nitrogens is 1. The summed E-state index contributed by atoms with van der Waals surface area (Å²) in [5.41, 5.74) is 2.63. The highest BCUT2D eigenvalue weighted by molar-refractivity contribution is 5.81. The maximum atomic E-state index is 11.6. The first-order valence-corrected chi connectivity index (χ1v) is 6.24. The Labute approximate surface area is 111 Å². The van der Waals surface area contributed by atoms with Crippen LogP contribution in [0.4, 0.5) is 0 Å². The van der Waals surface area contributed by atoms with Gasteiger partial charge in [0.1, 0.15) is 11.4 Å². The van der Waals surface area contributed by atoms with Crippen molar-refractivity contribution in [2.75, 3.05) is 6.54 Å². The largest absolute Gasteiger partial charge is 0.443 e. The molecule has 0 radical (unpaired) electrons. The summed E-state index contributed by atoms with van der Waals surface area (Å²) in [6.45, 7) is 2.34. The molecule has 1 N–H and O–H groups in total. The summed E-state index contributed by atoms with van der Waals surface area (Å²) in [6, 6.07) is 7.74. The second kappa shape index (κ2) is 6.01. The smallest absolute Gasteiger partial charge is 0.237 e. The number of rotatable bonds is 5. The summed E-state index contributed by atoms with van der Waals surface area (Å²) < 4.78 is 5.22. The predicted molar refractivity (Wildman–Crippen MR) is 70.1 cm³/mol. The van der Waals surface area contributed by atoms with Crippen molar-refractivity contribution in [1.29, 1.82) is 5.26 Å². The summed E-state index contributed by atoms with van der Waals surface area (Å²) in [5, 5.41) is 11.5. The summed E-state index contributed by atoms with van der Waals surface area (Å²) in [6.07, 6.45) is 2.64. The number of benzene rings is 1. The van der Waals surface area contributed by atoms with Gasteiger partial charge in [0.2, 0.25) is 5.91 Å². The number of carbonyl (C=O) groups is 1. The minimum atomic E-state index is -0.559. The van der Waals surface area contributed by atoms with Crippen molar-refractivity contribution >= 4 is 17.0 Å². The number of fused-ring (bicyclic) bond motifs is 1. The Bertz CT molecular complexity index is 612. The quantitative estimate of drug-likeness (QED) is 0.888. The van der Waals surface area contributed by atoms with E-state index in [0.717, 1.165) is 16.7 Å². The number of nitrogens with zero attached hydrogens (tertiary/aromatic N) is 2. The summed E-state index contributed by atoms with van der Waals surface area (Å²) >= 11 is 0. The van der Waals surface area contributed by atoms with Gasteiger partial charge in [0.15, 0.2) is 12.0 Å². The average Bonchev–Trinajstić information content (AvgIpc) is 2.87. The van der Waals surface area contributed by atoms with E-state index >= 15 is 0 Å². The Morgan fingerprint density at radius 2 is 2.42 bits per heavy atom. The zero-order valence-corrected chi connectivity index (χ0v) is 10.7. The zero-order valence-electron chi connectivity index (χ0n) is 10.7. The van der Waals surface area contributed by atoms with Crippen molar-refractivity contribution in [1.82, 2.24) is 10.3 Å². The maximum Gasteiger partial charge on any atom is 0.237 e. The average molecular weight is 257 g/mol. The number of nitrogens with one attached hydrogen (secondary N) is 1. The third kappa shape index (κ3) is 3.10.